The molecule has 6 aliphatic rings. The van der Waals surface area contributed by atoms with Crippen LogP contribution < -0.4 is 0 Å². The highest BCUT2D eigenvalue weighted by atomic mass is 16.3. The van der Waals surface area contributed by atoms with Crippen LogP contribution in [0.4, 0.5) is 0 Å². The van der Waals surface area contributed by atoms with E-state index in [0.717, 1.165) is 107 Å². The number of hydrogen-bond donors (Lipinski definition) is 2. The minimum atomic E-state index is -0.611. The highest BCUT2D eigenvalue weighted by molar-refractivity contribution is 6.05. The summed E-state index contributed by atoms with van der Waals surface area (Å²) >= 11 is 0. The Bertz CT molecular complexity index is 2540. The molecule has 2 aromatic heterocycles. The smallest absolute Gasteiger partial charge is 0.131 e. The second-order valence-electron chi connectivity index (χ2n) is 18.8. The third-order valence-electron chi connectivity index (χ3n) is 16.2. The van der Waals surface area contributed by atoms with E-state index >= 15 is 0 Å². The largest absolute Gasteiger partial charge is 0.382 e. The first kappa shape index (κ1) is 37.7. The molecule has 302 valence electrons. The summed E-state index contributed by atoms with van der Waals surface area (Å²) in [6, 6.07) is 39.0. The lowest BCUT2D eigenvalue weighted by Crippen LogP contribution is -2.67. The van der Waals surface area contributed by atoms with Gasteiger partial charge in [0.05, 0.1) is 37.2 Å². The molecular formula is C54H56N4O2+2. The normalized spacial score (nSPS) is 29.6. The molecule has 0 saturated carbocycles. The zero-order valence-electron chi connectivity index (χ0n) is 34.5. The fourth-order valence-corrected chi connectivity index (χ4v) is 13.2. The van der Waals surface area contributed by atoms with E-state index < -0.39 is 12.2 Å². The number of para-hydroxylation sites is 2. The lowest BCUT2D eigenvalue weighted by atomic mass is 9.70. The third kappa shape index (κ3) is 5.90. The summed E-state index contributed by atoms with van der Waals surface area (Å²) in [7, 11) is 0. The maximum absolute atomic E-state index is 12.6. The van der Waals surface area contributed by atoms with Gasteiger partial charge in [-0.2, -0.15) is 0 Å². The number of aliphatic hydroxyl groups is 2. The maximum Gasteiger partial charge on any atom is 0.131 e. The number of pyridine rings is 2. The summed E-state index contributed by atoms with van der Waals surface area (Å²) in [6.07, 6.45) is 11.2. The number of hydrogen-bond acceptors (Lipinski definition) is 4. The van der Waals surface area contributed by atoms with Crippen LogP contribution in [0, 0.1) is 23.7 Å². The number of nitrogens with zero attached hydrogens (tertiary/aromatic N) is 4. The Balaban J connectivity index is 1.04. The van der Waals surface area contributed by atoms with Gasteiger partial charge in [0.25, 0.3) is 0 Å². The van der Waals surface area contributed by atoms with Crippen molar-refractivity contribution in [1.82, 2.24) is 9.97 Å². The Labute approximate surface area is 353 Å². The molecule has 6 fully saturated rings. The predicted octanol–water partition coefficient (Wildman–Crippen LogP) is 10.4. The summed E-state index contributed by atoms with van der Waals surface area (Å²) in [5.41, 5.74) is 6.60. The lowest BCUT2D eigenvalue weighted by molar-refractivity contribution is -0.984. The molecule has 6 saturated heterocycles. The van der Waals surface area contributed by atoms with Crippen LogP contribution in [0.2, 0.25) is 0 Å². The number of rotatable bonds is 10. The summed E-state index contributed by atoms with van der Waals surface area (Å²) < 4.78 is 1.68. The van der Waals surface area contributed by atoms with Crippen molar-refractivity contribution in [2.75, 3.05) is 26.2 Å². The zero-order chi connectivity index (χ0) is 40.6. The van der Waals surface area contributed by atoms with Gasteiger partial charge in [0.2, 0.25) is 0 Å². The maximum atomic E-state index is 12.6. The standard InChI is InChI=1S/C54H56N4O2/c1-3-35-31-57(27-23-37(35)29-51(57)53(59)45-21-25-55-49-19-11-9-17-43(45)49)33-47-39-13-5-7-15-41(39)48(42-16-8-6-14-40(42)47)34-58-28-24-38(36(4-2)32-58)30-52(58)54(60)46-22-26-56-50-20-12-10-18-44(46)50/h3-22,25-26,35-38,51-54,59-60H,1-2,23-24,27-34H2/q+2/t35?,36?,37?,38?,51-,52+,53-,54-,57?,58?/m0/s1. The molecule has 6 unspecified atom stereocenters. The van der Waals surface area contributed by atoms with Crippen LogP contribution in [-0.2, 0) is 13.1 Å². The van der Waals surface area contributed by atoms with Crippen molar-refractivity contribution >= 4 is 43.4 Å². The highest BCUT2D eigenvalue weighted by Crippen LogP contribution is 2.52. The Kier molecular flexibility index (Phi) is 9.27. The van der Waals surface area contributed by atoms with Gasteiger partial charge in [-0.3, -0.25) is 9.97 Å². The average Bonchev–Trinajstić information content (AvgIpc) is 3.31. The minimum absolute atomic E-state index is 0.0540. The van der Waals surface area contributed by atoms with E-state index in [2.05, 4.69) is 120 Å². The van der Waals surface area contributed by atoms with Crippen LogP contribution in [0.5, 0.6) is 0 Å². The number of fused-ring (bicyclic) bond motifs is 10. The predicted molar refractivity (Wildman–Crippen MR) is 243 cm³/mol. The van der Waals surface area contributed by atoms with E-state index in [1.807, 2.05) is 36.7 Å². The summed E-state index contributed by atoms with van der Waals surface area (Å²) in [4.78, 5) is 9.32. The molecule has 0 aliphatic carbocycles. The van der Waals surface area contributed by atoms with Gasteiger partial charge in [0.15, 0.2) is 0 Å². The quantitative estimate of drug-likeness (QED) is 0.0823. The second-order valence-corrected chi connectivity index (χ2v) is 18.8. The molecule has 60 heavy (non-hydrogen) atoms. The first-order valence-electron chi connectivity index (χ1n) is 22.3. The molecule has 8 heterocycles. The molecule has 6 heteroatoms. The van der Waals surface area contributed by atoms with Crippen molar-refractivity contribution < 1.29 is 19.2 Å². The van der Waals surface area contributed by atoms with E-state index in [1.165, 1.54) is 32.7 Å². The van der Waals surface area contributed by atoms with Gasteiger partial charge in [0, 0.05) is 71.8 Å². The first-order chi connectivity index (χ1) is 29.4. The van der Waals surface area contributed by atoms with Gasteiger partial charge < -0.3 is 19.2 Å². The number of piperidine rings is 6. The number of aliphatic hydroxyl groups excluding tert-OH is 2. The van der Waals surface area contributed by atoms with Crippen molar-refractivity contribution in [2.24, 2.45) is 23.7 Å². The van der Waals surface area contributed by atoms with Crippen molar-refractivity contribution in [3.63, 3.8) is 0 Å². The lowest BCUT2D eigenvalue weighted by Gasteiger charge is -2.58. The van der Waals surface area contributed by atoms with E-state index in [9.17, 15) is 10.2 Å². The second kappa shape index (κ2) is 14.7. The zero-order valence-corrected chi connectivity index (χ0v) is 34.5. The molecule has 0 spiro atoms. The summed E-state index contributed by atoms with van der Waals surface area (Å²) in [6.45, 7) is 14.4. The molecule has 2 N–H and O–H groups in total. The Morgan fingerprint density at radius 1 is 0.533 bits per heavy atom. The molecule has 4 bridgehead atoms. The van der Waals surface area contributed by atoms with E-state index in [0.29, 0.717) is 23.7 Å². The van der Waals surface area contributed by atoms with Crippen molar-refractivity contribution in [2.45, 2.75) is 63.1 Å². The summed E-state index contributed by atoms with van der Waals surface area (Å²) in [5.74, 6) is 1.90. The van der Waals surface area contributed by atoms with E-state index in [1.54, 1.807) is 0 Å². The Hall–Kier alpha value is -5.24. The molecule has 5 aromatic carbocycles. The molecule has 0 amide bonds. The van der Waals surface area contributed by atoms with Crippen LogP contribution >= 0.6 is 0 Å². The molecule has 0 radical (unpaired) electrons. The number of benzene rings is 5. The van der Waals surface area contributed by atoms with Crippen molar-refractivity contribution in [3.8, 4) is 0 Å². The SMILES string of the molecule is C=CC1C[N+]2(Cc3c4ccccc4c(C[N+]45CCC(C[C@H]4[C@@H](O)c4ccnc6ccccc46)C(C=C)C5)c4ccccc34)CCC1C[C@@H]2[C@@H](O)c1ccnc2ccccc12. The van der Waals surface area contributed by atoms with Crippen molar-refractivity contribution in [1.29, 1.82) is 0 Å². The fourth-order valence-electron chi connectivity index (χ4n) is 13.2. The van der Waals surface area contributed by atoms with Crippen molar-refractivity contribution in [3.05, 3.63) is 169 Å². The molecule has 7 aromatic rings. The highest BCUT2D eigenvalue weighted by Gasteiger charge is 2.56. The van der Waals surface area contributed by atoms with Crippen LogP contribution in [-0.4, -0.2) is 67.4 Å². The Morgan fingerprint density at radius 2 is 0.900 bits per heavy atom. The van der Waals surface area contributed by atoms with Gasteiger partial charge in [-0.25, -0.2) is 0 Å². The topological polar surface area (TPSA) is 66.2 Å². The minimum Gasteiger partial charge on any atom is -0.382 e. The molecule has 6 aliphatic heterocycles. The molecular weight excluding hydrogens is 737 g/mol. The van der Waals surface area contributed by atoms with Gasteiger partial charge >= 0.3 is 0 Å². The van der Waals surface area contributed by atoms with Crippen LogP contribution in [0.25, 0.3) is 43.4 Å². The van der Waals surface area contributed by atoms with E-state index in [-0.39, 0.29) is 12.1 Å². The van der Waals surface area contributed by atoms with Gasteiger partial charge in [-0.05, 0) is 68.8 Å². The molecule has 13 rings (SSSR count). The summed E-state index contributed by atoms with van der Waals surface area (Å²) in [5, 5.41) is 32.6. The van der Waals surface area contributed by atoms with Crippen LogP contribution in [0.15, 0.2) is 147 Å². The molecule has 10 atom stereocenters. The fraction of sp³-hybridized carbons (Fsp3) is 0.333. The third-order valence-corrected chi connectivity index (χ3v) is 16.2. The van der Waals surface area contributed by atoms with Gasteiger partial charge in [0.1, 0.15) is 37.4 Å². The molecule has 6 nitrogen and oxygen atoms in total. The first-order valence-corrected chi connectivity index (χ1v) is 22.3. The van der Waals surface area contributed by atoms with Gasteiger partial charge in [-0.1, -0.05) is 97.1 Å². The average molecular weight is 793 g/mol. The number of quaternary nitrogens is 2. The van der Waals surface area contributed by atoms with E-state index in [4.69, 9.17) is 0 Å². The van der Waals surface area contributed by atoms with Crippen LogP contribution in [0.1, 0.15) is 60.1 Å². The monoisotopic (exact) mass is 792 g/mol. The van der Waals surface area contributed by atoms with Crippen LogP contribution in [0.3, 0.4) is 0 Å². The number of aromatic nitrogens is 2. The van der Waals surface area contributed by atoms with Gasteiger partial charge in [-0.15, -0.1) is 13.2 Å². The Morgan fingerprint density at radius 3 is 1.28 bits per heavy atom.